The van der Waals surface area contributed by atoms with Gasteiger partial charge in [-0.1, -0.05) is 18.2 Å². The number of carbonyl (C=O) groups excluding carboxylic acids is 6. The molecule has 14 nitrogen and oxygen atoms in total. The standard InChI is InChI=1S/C38H39N5O9/c44-33(17-16-29-22-42(37(48)51-29)27-14-10-26(11-15-27)41-19-20-50-24-35(41)46)31-5-1-2-6-32(31)36(47)39-21-30-23-43(38(49)52-30)28-12-8-25(9-13-28)40-18-4-3-7-34(40)45/h1-2,5-6,8-15,29-30H,3-4,7,16-24H2,(H,39,47)/t29-,30-/m0/s1. The second kappa shape index (κ2) is 15.2. The quantitative estimate of drug-likeness (QED) is 0.287. The van der Waals surface area contributed by atoms with Crippen molar-refractivity contribution >= 4 is 58.4 Å². The molecule has 0 spiro atoms. The number of benzene rings is 3. The van der Waals surface area contributed by atoms with Gasteiger partial charge in [-0.15, -0.1) is 0 Å². The van der Waals surface area contributed by atoms with E-state index in [1.54, 1.807) is 70.5 Å². The maximum absolute atomic E-state index is 13.3. The van der Waals surface area contributed by atoms with Crippen LogP contribution in [0.3, 0.4) is 0 Å². The topological polar surface area (TPSA) is 155 Å². The summed E-state index contributed by atoms with van der Waals surface area (Å²) < 4.78 is 16.3. The summed E-state index contributed by atoms with van der Waals surface area (Å²) in [6.45, 7) is 2.14. The second-order valence-corrected chi connectivity index (χ2v) is 13.1. The Balaban J connectivity index is 0.900. The highest BCUT2D eigenvalue weighted by Crippen LogP contribution is 2.29. The number of nitrogens with one attached hydrogen (secondary N) is 1. The van der Waals surface area contributed by atoms with E-state index in [0.717, 1.165) is 24.2 Å². The summed E-state index contributed by atoms with van der Waals surface area (Å²) in [7, 11) is 0. The Hall–Kier alpha value is -5.76. The first-order valence-corrected chi connectivity index (χ1v) is 17.5. The molecule has 0 saturated carbocycles. The number of ketones is 1. The molecule has 4 heterocycles. The van der Waals surface area contributed by atoms with E-state index >= 15 is 0 Å². The van der Waals surface area contributed by atoms with Crippen LogP contribution in [0, 0.1) is 0 Å². The Morgan fingerprint density at radius 1 is 0.654 bits per heavy atom. The highest BCUT2D eigenvalue weighted by molar-refractivity contribution is 6.08. The number of rotatable bonds is 11. The number of hydrogen-bond acceptors (Lipinski definition) is 9. The van der Waals surface area contributed by atoms with Crippen molar-refractivity contribution in [1.82, 2.24) is 5.32 Å². The molecule has 4 aliphatic heterocycles. The maximum atomic E-state index is 13.3. The predicted octanol–water partition coefficient (Wildman–Crippen LogP) is 4.31. The van der Waals surface area contributed by atoms with Crippen LogP contribution >= 0.6 is 0 Å². The largest absolute Gasteiger partial charge is 0.444 e. The van der Waals surface area contributed by atoms with E-state index < -0.39 is 30.3 Å². The summed E-state index contributed by atoms with van der Waals surface area (Å²) in [6, 6.07) is 20.7. The highest BCUT2D eigenvalue weighted by atomic mass is 16.6. The summed E-state index contributed by atoms with van der Waals surface area (Å²) in [5.74, 6) is -0.780. The molecule has 0 radical (unpaired) electrons. The van der Waals surface area contributed by atoms with Gasteiger partial charge in [-0.3, -0.25) is 29.0 Å². The van der Waals surface area contributed by atoms with Gasteiger partial charge in [0.25, 0.3) is 11.8 Å². The van der Waals surface area contributed by atoms with Crippen molar-refractivity contribution in [3.8, 4) is 0 Å². The van der Waals surface area contributed by atoms with Gasteiger partial charge in [0, 0.05) is 54.2 Å². The summed E-state index contributed by atoms with van der Waals surface area (Å²) in [5, 5.41) is 2.80. The lowest BCUT2D eigenvalue weighted by Gasteiger charge is -2.27. The summed E-state index contributed by atoms with van der Waals surface area (Å²) >= 11 is 0. The lowest BCUT2D eigenvalue weighted by atomic mass is 9.98. The van der Waals surface area contributed by atoms with E-state index in [2.05, 4.69) is 5.32 Å². The maximum Gasteiger partial charge on any atom is 0.414 e. The smallest absolute Gasteiger partial charge is 0.414 e. The number of carbonyl (C=O) groups is 6. The predicted molar refractivity (Wildman–Crippen MR) is 190 cm³/mol. The van der Waals surface area contributed by atoms with E-state index in [-0.39, 0.29) is 67.8 Å². The van der Waals surface area contributed by atoms with Crippen molar-refractivity contribution < 1.29 is 43.0 Å². The van der Waals surface area contributed by atoms with Gasteiger partial charge in [-0.05, 0) is 73.9 Å². The normalized spacial score (nSPS) is 20.6. The number of amides is 5. The van der Waals surface area contributed by atoms with Crippen LogP contribution in [0.15, 0.2) is 72.8 Å². The van der Waals surface area contributed by atoms with Gasteiger partial charge in [-0.2, -0.15) is 0 Å². The van der Waals surface area contributed by atoms with Gasteiger partial charge >= 0.3 is 12.2 Å². The zero-order chi connectivity index (χ0) is 36.2. The molecular weight excluding hydrogens is 670 g/mol. The summed E-state index contributed by atoms with van der Waals surface area (Å²) in [6.07, 6.45) is 0.492. The van der Waals surface area contributed by atoms with Crippen molar-refractivity contribution in [3.63, 3.8) is 0 Å². The molecular formula is C38H39N5O9. The lowest BCUT2D eigenvalue weighted by Crippen LogP contribution is -2.41. The first-order valence-electron chi connectivity index (χ1n) is 17.5. The van der Waals surface area contributed by atoms with Crippen LogP contribution in [0.1, 0.15) is 52.8 Å². The van der Waals surface area contributed by atoms with E-state index in [1.807, 2.05) is 12.1 Å². The Kier molecular flexibility index (Phi) is 10.2. The molecule has 7 rings (SSSR count). The van der Waals surface area contributed by atoms with Crippen LogP contribution in [0.5, 0.6) is 0 Å². The van der Waals surface area contributed by atoms with Crippen LogP contribution in [0.4, 0.5) is 32.3 Å². The van der Waals surface area contributed by atoms with Crippen LogP contribution in [-0.2, 0) is 23.8 Å². The van der Waals surface area contributed by atoms with Gasteiger partial charge in [0.05, 0.1) is 31.8 Å². The minimum atomic E-state index is -0.610. The molecule has 3 aromatic carbocycles. The number of piperidine rings is 1. The number of nitrogens with zero attached hydrogens (tertiary/aromatic N) is 4. The fraction of sp³-hybridized carbons (Fsp3) is 0.368. The SMILES string of the molecule is O=C(CC[C@H]1CN(c2ccc(N3CCOCC3=O)cc2)C(=O)O1)c1ccccc1C(=O)NC[C@H]1CN(c2ccc(N3CCCCC3=O)cc2)C(=O)O1. The summed E-state index contributed by atoms with van der Waals surface area (Å²) in [5.41, 5.74) is 3.18. The minimum Gasteiger partial charge on any atom is -0.444 e. The first kappa shape index (κ1) is 34.7. The zero-order valence-corrected chi connectivity index (χ0v) is 28.5. The molecule has 4 saturated heterocycles. The number of ether oxygens (including phenoxy) is 3. The molecule has 270 valence electrons. The van der Waals surface area contributed by atoms with Crippen molar-refractivity contribution in [2.45, 2.75) is 44.3 Å². The fourth-order valence-electron chi connectivity index (χ4n) is 6.87. The van der Waals surface area contributed by atoms with Gasteiger partial charge in [0.1, 0.15) is 18.8 Å². The monoisotopic (exact) mass is 709 g/mol. The van der Waals surface area contributed by atoms with Gasteiger partial charge in [-0.25, -0.2) is 9.59 Å². The van der Waals surface area contributed by atoms with E-state index in [4.69, 9.17) is 14.2 Å². The van der Waals surface area contributed by atoms with Crippen molar-refractivity contribution in [3.05, 3.63) is 83.9 Å². The molecule has 4 fully saturated rings. The second-order valence-electron chi connectivity index (χ2n) is 13.1. The Morgan fingerprint density at radius 2 is 1.21 bits per heavy atom. The average Bonchev–Trinajstić information content (AvgIpc) is 3.74. The van der Waals surface area contributed by atoms with Crippen molar-refractivity contribution in [2.75, 3.05) is 65.5 Å². The van der Waals surface area contributed by atoms with Crippen molar-refractivity contribution in [1.29, 1.82) is 0 Å². The molecule has 0 aromatic heterocycles. The third kappa shape index (κ3) is 7.47. The molecule has 0 unspecified atom stereocenters. The van der Waals surface area contributed by atoms with Gasteiger partial charge in [0.2, 0.25) is 5.91 Å². The van der Waals surface area contributed by atoms with E-state index in [0.29, 0.717) is 37.5 Å². The van der Waals surface area contributed by atoms with Crippen molar-refractivity contribution in [2.24, 2.45) is 0 Å². The molecule has 1 N–H and O–H groups in total. The lowest BCUT2D eigenvalue weighted by molar-refractivity contribution is -0.125. The number of hydrogen-bond donors (Lipinski definition) is 1. The first-order chi connectivity index (χ1) is 25.2. The fourth-order valence-corrected chi connectivity index (χ4v) is 6.87. The van der Waals surface area contributed by atoms with Crippen LogP contribution < -0.4 is 24.9 Å². The number of anilines is 4. The average molecular weight is 710 g/mol. The van der Waals surface area contributed by atoms with E-state index in [1.165, 1.54) is 9.80 Å². The van der Waals surface area contributed by atoms with E-state index in [9.17, 15) is 28.8 Å². The van der Waals surface area contributed by atoms with Gasteiger partial charge in [0.15, 0.2) is 5.78 Å². The third-order valence-corrected chi connectivity index (χ3v) is 9.66. The molecule has 0 bridgehead atoms. The molecule has 52 heavy (non-hydrogen) atoms. The van der Waals surface area contributed by atoms with Crippen LogP contribution in [0.2, 0.25) is 0 Å². The molecule has 14 heteroatoms. The molecule has 3 aromatic rings. The number of morpholine rings is 1. The van der Waals surface area contributed by atoms with Crippen LogP contribution in [-0.4, -0.2) is 93.8 Å². The Morgan fingerprint density at radius 3 is 1.83 bits per heavy atom. The molecule has 4 aliphatic rings. The molecule has 5 amide bonds. The summed E-state index contributed by atoms with van der Waals surface area (Å²) in [4.78, 5) is 82.8. The molecule has 0 aliphatic carbocycles. The molecule has 2 atom stereocenters. The third-order valence-electron chi connectivity index (χ3n) is 9.66. The van der Waals surface area contributed by atoms with Crippen LogP contribution in [0.25, 0.3) is 0 Å². The number of Topliss-reactive ketones (excluding diaryl/α,β-unsaturated/α-hetero) is 1. The number of cyclic esters (lactones) is 2. The highest BCUT2D eigenvalue weighted by Gasteiger charge is 2.35. The Bertz CT molecular complexity index is 1730. The minimum absolute atomic E-state index is 0.0356. The van der Waals surface area contributed by atoms with Gasteiger partial charge < -0.3 is 29.3 Å². The zero-order valence-electron chi connectivity index (χ0n) is 28.5. The Labute approximate surface area is 300 Å².